The number of likely N-dealkylation sites (tertiary alicyclic amines) is 1. The maximum Gasteiger partial charge on any atom is 0.310 e. The Bertz CT molecular complexity index is 548. The summed E-state index contributed by atoms with van der Waals surface area (Å²) in [6.45, 7) is 0.970. The van der Waals surface area contributed by atoms with Gasteiger partial charge in [-0.25, -0.2) is 12.7 Å². The van der Waals surface area contributed by atoms with Crippen LogP contribution in [-0.2, 0) is 19.6 Å². The summed E-state index contributed by atoms with van der Waals surface area (Å²) in [6.07, 6.45) is 4.43. The first-order chi connectivity index (χ1) is 10.2. The number of carboxylic acid groups (broad SMARTS) is 1. The first kappa shape index (κ1) is 17.2. The third kappa shape index (κ3) is 3.43. The number of piperidine rings is 1. The lowest BCUT2D eigenvalue weighted by atomic mass is 9.66. The minimum absolute atomic E-state index is 0.0644. The Hall–Kier alpha value is -1.15. The van der Waals surface area contributed by atoms with Crippen LogP contribution in [0, 0.1) is 5.41 Å². The molecule has 0 unspecified atom stereocenters. The van der Waals surface area contributed by atoms with Gasteiger partial charge in [0.15, 0.2) is 0 Å². The normalized spacial score (nSPS) is 22.4. The van der Waals surface area contributed by atoms with Crippen LogP contribution in [0.1, 0.15) is 38.5 Å². The monoisotopic (exact) mass is 332 g/mol. The first-order valence-electron chi connectivity index (χ1n) is 7.60. The van der Waals surface area contributed by atoms with Crippen LogP contribution in [0.15, 0.2) is 0 Å². The summed E-state index contributed by atoms with van der Waals surface area (Å²) in [6, 6.07) is -0.0869. The second-order valence-corrected chi connectivity index (χ2v) is 8.55. The minimum Gasteiger partial charge on any atom is -0.481 e. The van der Waals surface area contributed by atoms with E-state index in [1.807, 2.05) is 0 Å². The second-order valence-electron chi connectivity index (χ2n) is 6.51. The summed E-state index contributed by atoms with van der Waals surface area (Å²) < 4.78 is 24.4. The van der Waals surface area contributed by atoms with Crippen LogP contribution in [0.2, 0.25) is 0 Å². The molecular weight excluding hydrogens is 308 g/mol. The van der Waals surface area contributed by atoms with E-state index >= 15 is 0 Å². The van der Waals surface area contributed by atoms with Crippen molar-refractivity contribution < 1.29 is 23.1 Å². The molecule has 1 saturated heterocycles. The van der Waals surface area contributed by atoms with Gasteiger partial charge in [-0.3, -0.25) is 9.59 Å². The average molecular weight is 332 g/mol. The Balaban J connectivity index is 1.89. The second kappa shape index (κ2) is 6.16. The van der Waals surface area contributed by atoms with Gasteiger partial charge in [-0.2, -0.15) is 0 Å². The zero-order valence-electron chi connectivity index (χ0n) is 13.1. The van der Waals surface area contributed by atoms with Crippen molar-refractivity contribution in [1.29, 1.82) is 0 Å². The maximum absolute atomic E-state index is 12.3. The lowest BCUT2D eigenvalue weighted by molar-refractivity contribution is -0.159. The Labute approximate surface area is 131 Å². The molecule has 1 saturated carbocycles. The summed E-state index contributed by atoms with van der Waals surface area (Å²) in [7, 11) is -1.66. The molecular formula is C14H24N2O5S. The number of nitrogens with zero attached hydrogens (tertiary/aromatic N) is 2. The first-order valence-corrected chi connectivity index (χ1v) is 9.45. The smallest absolute Gasteiger partial charge is 0.310 e. The van der Waals surface area contributed by atoms with Crippen molar-refractivity contribution in [3.8, 4) is 0 Å². The Kier molecular flexibility index (Phi) is 4.81. The summed E-state index contributed by atoms with van der Waals surface area (Å²) in [4.78, 5) is 25.3. The molecule has 126 valence electrons. The molecule has 2 aliphatic rings. The quantitative estimate of drug-likeness (QED) is 0.792. The molecule has 0 aromatic rings. The lowest BCUT2D eigenvalue weighted by Crippen LogP contribution is -2.49. The number of carboxylic acids is 1. The van der Waals surface area contributed by atoms with Crippen LogP contribution >= 0.6 is 0 Å². The summed E-state index contributed by atoms with van der Waals surface area (Å²) in [5.74, 6) is -0.999. The molecule has 0 aromatic heterocycles. The van der Waals surface area contributed by atoms with Crippen molar-refractivity contribution in [2.75, 3.05) is 26.4 Å². The highest BCUT2D eigenvalue weighted by Gasteiger charge is 2.46. The number of carbonyl (C=O) groups excluding carboxylic acids is 1. The molecule has 0 spiro atoms. The molecule has 22 heavy (non-hydrogen) atoms. The van der Waals surface area contributed by atoms with Crippen LogP contribution in [0.3, 0.4) is 0 Å². The van der Waals surface area contributed by atoms with Gasteiger partial charge in [0.2, 0.25) is 15.9 Å². The Morgan fingerprint density at radius 3 is 2.18 bits per heavy atom. The van der Waals surface area contributed by atoms with Crippen molar-refractivity contribution in [2.45, 2.75) is 44.6 Å². The number of rotatable bonds is 5. The van der Waals surface area contributed by atoms with Crippen LogP contribution in [-0.4, -0.2) is 67.0 Å². The third-order valence-corrected chi connectivity index (χ3v) is 6.45. The Morgan fingerprint density at radius 2 is 1.82 bits per heavy atom. The van der Waals surface area contributed by atoms with E-state index in [4.69, 9.17) is 0 Å². The molecule has 7 nitrogen and oxygen atoms in total. The van der Waals surface area contributed by atoms with E-state index in [0.29, 0.717) is 38.8 Å². The molecule has 2 rings (SSSR count). The van der Waals surface area contributed by atoms with Crippen molar-refractivity contribution in [3.63, 3.8) is 0 Å². The van der Waals surface area contributed by atoms with Gasteiger partial charge in [0.1, 0.15) is 0 Å². The van der Waals surface area contributed by atoms with Gasteiger partial charge in [0.05, 0.1) is 11.7 Å². The van der Waals surface area contributed by atoms with Gasteiger partial charge < -0.3 is 10.0 Å². The predicted octanol–water partition coefficient (Wildman–Crippen LogP) is 0.514. The minimum atomic E-state index is -3.22. The largest absolute Gasteiger partial charge is 0.481 e. The molecule has 1 amide bonds. The van der Waals surface area contributed by atoms with Crippen molar-refractivity contribution in [2.24, 2.45) is 5.41 Å². The number of hydrogen-bond acceptors (Lipinski definition) is 4. The molecule has 8 heteroatoms. The summed E-state index contributed by atoms with van der Waals surface area (Å²) >= 11 is 0. The fourth-order valence-electron chi connectivity index (χ4n) is 3.22. The van der Waals surface area contributed by atoms with E-state index in [2.05, 4.69) is 0 Å². The molecule has 1 aliphatic carbocycles. The highest BCUT2D eigenvalue weighted by Crippen LogP contribution is 2.44. The number of aliphatic carboxylic acids is 1. The number of hydrogen-bond donors (Lipinski definition) is 1. The van der Waals surface area contributed by atoms with Crippen LogP contribution in [0.25, 0.3) is 0 Å². The zero-order chi connectivity index (χ0) is 16.5. The highest BCUT2D eigenvalue weighted by molar-refractivity contribution is 7.88. The van der Waals surface area contributed by atoms with Crippen LogP contribution in [0.4, 0.5) is 0 Å². The van der Waals surface area contributed by atoms with E-state index in [0.717, 1.165) is 6.42 Å². The fraction of sp³-hybridized carbons (Fsp3) is 0.857. The molecule has 1 heterocycles. The van der Waals surface area contributed by atoms with E-state index in [1.165, 1.54) is 10.6 Å². The SMILES string of the molecule is CN(C1CCN(C(=O)CC2(C(=O)O)CCC2)CC1)S(C)(=O)=O. The van der Waals surface area contributed by atoms with Crippen molar-refractivity contribution >= 4 is 21.9 Å². The van der Waals surface area contributed by atoms with Gasteiger partial charge in [0.25, 0.3) is 0 Å². The predicted molar refractivity (Wildman–Crippen MR) is 80.7 cm³/mol. The van der Waals surface area contributed by atoms with Gasteiger partial charge in [-0.15, -0.1) is 0 Å². The molecule has 1 aliphatic heterocycles. The van der Waals surface area contributed by atoms with Crippen LogP contribution < -0.4 is 0 Å². The van der Waals surface area contributed by atoms with E-state index in [9.17, 15) is 23.1 Å². The molecule has 0 aromatic carbocycles. The molecule has 2 fully saturated rings. The Morgan fingerprint density at radius 1 is 1.27 bits per heavy atom. The summed E-state index contributed by atoms with van der Waals surface area (Å²) in [5.41, 5.74) is -0.864. The molecule has 0 atom stereocenters. The van der Waals surface area contributed by atoms with Gasteiger partial charge >= 0.3 is 5.97 Å². The number of carbonyl (C=O) groups is 2. The van der Waals surface area contributed by atoms with Gasteiger partial charge in [-0.1, -0.05) is 6.42 Å². The van der Waals surface area contributed by atoms with Gasteiger partial charge in [-0.05, 0) is 25.7 Å². The molecule has 0 bridgehead atoms. The fourth-order valence-corrected chi connectivity index (χ4v) is 3.97. The van der Waals surface area contributed by atoms with E-state index in [-0.39, 0.29) is 18.4 Å². The molecule has 0 radical (unpaired) electrons. The number of sulfonamides is 1. The lowest BCUT2D eigenvalue weighted by Gasteiger charge is -2.40. The average Bonchev–Trinajstić information content (AvgIpc) is 2.40. The van der Waals surface area contributed by atoms with E-state index < -0.39 is 21.4 Å². The number of amides is 1. The topological polar surface area (TPSA) is 95.0 Å². The van der Waals surface area contributed by atoms with Gasteiger partial charge in [0, 0.05) is 32.6 Å². The van der Waals surface area contributed by atoms with Crippen LogP contribution in [0.5, 0.6) is 0 Å². The van der Waals surface area contributed by atoms with E-state index in [1.54, 1.807) is 11.9 Å². The van der Waals surface area contributed by atoms with Crippen molar-refractivity contribution in [3.05, 3.63) is 0 Å². The standard InChI is InChI=1S/C14H24N2O5S/c1-15(22(2,20)21)11-4-8-16(9-5-11)12(17)10-14(13(18)19)6-3-7-14/h11H,3-10H2,1-2H3,(H,18,19). The molecule has 1 N–H and O–H groups in total. The highest BCUT2D eigenvalue weighted by atomic mass is 32.2. The third-order valence-electron chi connectivity index (χ3n) is 5.11. The zero-order valence-corrected chi connectivity index (χ0v) is 13.9. The maximum atomic E-state index is 12.3. The summed E-state index contributed by atoms with van der Waals surface area (Å²) in [5, 5.41) is 9.29. The van der Waals surface area contributed by atoms with Crippen molar-refractivity contribution in [1.82, 2.24) is 9.21 Å².